The summed E-state index contributed by atoms with van der Waals surface area (Å²) in [5.41, 5.74) is 2.25. The first-order valence-electron chi connectivity index (χ1n) is 6.05. The summed E-state index contributed by atoms with van der Waals surface area (Å²) in [5.74, 6) is 0. The van der Waals surface area contributed by atoms with Gasteiger partial charge >= 0.3 is 0 Å². The minimum Gasteiger partial charge on any atom is -0.364 e. The Labute approximate surface area is 97.1 Å². The van der Waals surface area contributed by atoms with E-state index in [0.29, 0.717) is 6.42 Å². The van der Waals surface area contributed by atoms with Crippen LogP contribution in [0.1, 0.15) is 18.6 Å². The fourth-order valence-corrected chi connectivity index (χ4v) is 1.93. The van der Waals surface area contributed by atoms with Crippen LogP contribution in [0.3, 0.4) is 0 Å². The van der Waals surface area contributed by atoms with Gasteiger partial charge in [-0.2, -0.15) is 0 Å². The van der Waals surface area contributed by atoms with Crippen LogP contribution in [0.2, 0.25) is 0 Å². The zero-order valence-electron chi connectivity index (χ0n) is 9.97. The van der Waals surface area contributed by atoms with Gasteiger partial charge in [-0.15, -0.1) is 0 Å². The van der Waals surface area contributed by atoms with Crippen LogP contribution < -0.4 is 0 Å². The lowest BCUT2D eigenvalue weighted by molar-refractivity contribution is 0.373. The molecule has 1 saturated heterocycles. The molecule has 0 amide bonds. The van der Waals surface area contributed by atoms with Crippen molar-refractivity contribution in [2.75, 3.05) is 0 Å². The third-order valence-corrected chi connectivity index (χ3v) is 2.83. The molecule has 0 aliphatic carbocycles. The highest BCUT2D eigenvalue weighted by molar-refractivity contribution is 5.25. The van der Waals surface area contributed by atoms with Crippen LogP contribution in [0.5, 0.6) is 0 Å². The fourth-order valence-electron chi connectivity index (χ4n) is 1.93. The Balaban J connectivity index is 1.74. The van der Waals surface area contributed by atoms with E-state index >= 15 is 0 Å². The number of rotatable bonds is 3. The maximum atomic E-state index is 8.25. The molecule has 0 N–H and O–H groups in total. The average molecular weight is 211 g/mol. The molecule has 0 aromatic heterocycles. The van der Waals surface area contributed by atoms with Crippen LogP contribution >= 0.6 is 0 Å². The molecule has 1 fully saturated rings. The van der Waals surface area contributed by atoms with E-state index in [-0.39, 0.29) is 6.10 Å². The summed E-state index contributed by atoms with van der Waals surface area (Å²) in [5, 5.41) is 0. The van der Waals surface area contributed by atoms with Crippen molar-refractivity contribution in [1.82, 2.24) is 0 Å². The molecule has 0 unspecified atom stereocenters. The van der Waals surface area contributed by atoms with Gasteiger partial charge in [0, 0.05) is 6.42 Å². The van der Waals surface area contributed by atoms with Gasteiger partial charge in [-0.1, -0.05) is 60.7 Å². The van der Waals surface area contributed by atoms with Crippen molar-refractivity contribution in [1.29, 1.82) is 0 Å². The second-order valence-corrected chi connectivity index (χ2v) is 4.04. The number of ether oxygens (including phenoxy) is 1. The predicted octanol–water partition coefficient (Wildman–Crippen LogP) is 3.37. The van der Waals surface area contributed by atoms with Crippen molar-refractivity contribution in [2.45, 2.75) is 18.6 Å². The molecule has 1 nitrogen and oxygen atoms in total. The summed E-state index contributed by atoms with van der Waals surface area (Å²) in [6.07, 6.45) is -0.209. The van der Waals surface area contributed by atoms with Crippen LogP contribution in [0.25, 0.3) is 0 Å². The first-order valence-corrected chi connectivity index (χ1v) is 5.55. The van der Waals surface area contributed by atoms with Gasteiger partial charge in [0.25, 0.3) is 0 Å². The van der Waals surface area contributed by atoms with E-state index in [1.807, 2.05) is 60.7 Å². The Morgan fingerprint density at radius 1 is 0.938 bits per heavy atom. The van der Waals surface area contributed by atoms with Gasteiger partial charge in [-0.05, 0) is 11.1 Å². The molecule has 80 valence electrons. The molecule has 0 saturated carbocycles. The molecule has 3 rings (SSSR count). The molecule has 16 heavy (non-hydrogen) atoms. The lowest BCUT2D eigenvalue weighted by Gasteiger charge is -1.97. The first kappa shape index (κ1) is 8.54. The van der Waals surface area contributed by atoms with Gasteiger partial charge in [-0.3, -0.25) is 0 Å². The van der Waals surface area contributed by atoms with Crippen LogP contribution in [-0.2, 0) is 11.2 Å². The lowest BCUT2D eigenvalue weighted by atomic mass is 10.0. The first-order chi connectivity index (χ1) is 8.28. The number of hydrogen-bond acceptors (Lipinski definition) is 1. The van der Waals surface area contributed by atoms with E-state index in [9.17, 15) is 0 Å². The number of benzene rings is 2. The van der Waals surface area contributed by atoms with E-state index in [4.69, 9.17) is 6.11 Å². The Kier molecular flexibility index (Phi) is 2.19. The van der Waals surface area contributed by atoms with Crippen LogP contribution in [-0.4, -0.2) is 6.08 Å². The maximum Gasteiger partial charge on any atom is 0.109 e. The molecule has 0 radical (unpaired) electrons. The van der Waals surface area contributed by atoms with Gasteiger partial charge in [0.15, 0.2) is 0 Å². The van der Waals surface area contributed by atoms with Crippen molar-refractivity contribution in [3.63, 3.8) is 0 Å². The molecular weight excluding hydrogens is 196 g/mol. The minimum absolute atomic E-state index is 0.0797. The summed E-state index contributed by atoms with van der Waals surface area (Å²) >= 11 is 0. The van der Waals surface area contributed by atoms with Gasteiger partial charge in [-0.25, -0.2) is 0 Å². The van der Waals surface area contributed by atoms with Gasteiger partial charge < -0.3 is 4.74 Å². The Morgan fingerprint density at radius 2 is 1.56 bits per heavy atom. The van der Waals surface area contributed by atoms with Gasteiger partial charge in [0.05, 0.1) is 7.45 Å². The lowest BCUT2D eigenvalue weighted by Crippen LogP contribution is -1.94. The van der Waals surface area contributed by atoms with E-state index in [1.165, 1.54) is 0 Å². The topological polar surface area (TPSA) is 12.5 Å². The molecule has 1 heteroatoms. The smallest absolute Gasteiger partial charge is 0.109 e. The minimum atomic E-state index is -0.775. The van der Waals surface area contributed by atoms with Crippen molar-refractivity contribution >= 4 is 0 Å². The molecule has 1 heterocycles. The van der Waals surface area contributed by atoms with Gasteiger partial charge in [0.1, 0.15) is 6.10 Å². The number of hydrogen-bond donors (Lipinski definition) is 0. The molecule has 2 atom stereocenters. The third kappa shape index (κ3) is 2.00. The van der Waals surface area contributed by atoms with Crippen molar-refractivity contribution in [3.8, 4) is 0 Å². The van der Waals surface area contributed by atoms with E-state index in [2.05, 4.69) is 0 Å². The molecule has 2 aromatic carbocycles. The predicted molar refractivity (Wildman–Crippen MR) is 64.2 cm³/mol. The number of epoxide rings is 1. The summed E-state index contributed by atoms with van der Waals surface area (Å²) in [6.45, 7) is 0. The standard InChI is InChI=1S/C15H14O/c1-3-7-12(8-4-1)11-14-15(16-14)13-9-5-2-6-10-13/h1-10,14-15H,11H2/t14-,15+/m0/s1/i14D. The molecule has 1 aliphatic rings. The van der Waals surface area contributed by atoms with E-state index < -0.39 is 6.08 Å². The van der Waals surface area contributed by atoms with Crippen LogP contribution in [0.15, 0.2) is 60.7 Å². The normalized spacial score (nSPS) is 28.5. The maximum absolute atomic E-state index is 8.25. The summed E-state index contributed by atoms with van der Waals surface area (Å²) in [6, 6.07) is 20.1. The van der Waals surface area contributed by atoms with E-state index in [0.717, 1.165) is 11.1 Å². The highest BCUT2D eigenvalue weighted by Crippen LogP contribution is 2.40. The van der Waals surface area contributed by atoms with E-state index in [1.54, 1.807) is 0 Å². The zero-order valence-corrected chi connectivity index (χ0v) is 8.97. The largest absolute Gasteiger partial charge is 0.364 e. The second-order valence-electron chi connectivity index (χ2n) is 4.04. The van der Waals surface area contributed by atoms with Gasteiger partial charge in [0.2, 0.25) is 0 Å². The zero-order chi connectivity index (χ0) is 11.7. The second kappa shape index (κ2) is 4.11. The average Bonchev–Trinajstić information content (AvgIpc) is 3.03. The van der Waals surface area contributed by atoms with Crippen molar-refractivity contribution < 1.29 is 6.11 Å². The monoisotopic (exact) mass is 211 g/mol. The van der Waals surface area contributed by atoms with Crippen molar-refractivity contribution in [2.24, 2.45) is 0 Å². The summed E-state index contributed by atoms with van der Waals surface area (Å²) in [4.78, 5) is 0. The quantitative estimate of drug-likeness (QED) is 0.709. The fraction of sp³-hybridized carbons (Fsp3) is 0.200. The summed E-state index contributed by atoms with van der Waals surface area (Å²) < 4.78 is 13.8. The molecule has 0 spiro atoms. The van der Waals surface area contributed by atoms with Crippen LogP contribution in [0, 0.1) is 0 Å². The molecule has 2 aromatic rings. The summed E-state index contributed by atoms with van der Waals surface area (Å²) in [7, 11) is 0. The highest BCUT2D eigenvalue weighted by atomic mass is 16.6. The Hall–Kier alpha value is -1.60. The Bertz CT molecular complexity index is 497. The molecule has 1 aliphatic heterocycles. The Morgan fingerprint density at radius 3 is 2.25 bits per heavy atom. The highest BCUT2D eigenvalue weighted by Gasteiger charge is 2.39. The third-order valence-electron chi connectivity index (χ3n) is 2.83. The van der Waals surface area contributed by atoms with Crippen LogP contribution in [0.4, 0.5) is 0 Å². The molecule has 0 bridgehead atoms. The van der Waals surface area contributed by atoms with Crippen molar-refractivity contribution in [3.05, 3.63) is 71.8 Å². The SMILES string of the molecule is [2H][C@@]1(Cc2ccccc2)O[C@@H]1c1ccccc1. The molecular formula is C15H14O.